The number of H-pyrrole nitrogens is 1. The largest absolute Gasteiger partial charge is 0.466 e. The van der Waals surface area contributed by atoms with Gasteiger partial charge in [0.05, 0.1) is 0 Å². The summed E-state index contributed by atoms with van der Waals surface area (Å²) in [6, 6.07) is 7.88. The van der Waals surface area contributed by atoms with Crippen LogP contribution in [0.25, 0.3) is 10.9 Å². The summed E-state index contributed by atoms with van der Waals surface area (Å²) in [7, 11) is 0. The van der Waals surface area contributed by atoms with E-state index >= 15 is 0 Å². The Morgan fingerprint density at radius 3 is 3.06 bits per heavy atom. The van der Waals surface area contributed by atoms with Crippen LogP contribution in [0.2, 0.25) is 0 Å². The van der Waals surface area contributed by atoms with Crippen LogP contribution >= 0.6 is 0 Å². The Hall–Kier alpha value is -1.81. The Morgan fingerprint density at radius 1 is 1.44 bits per heavy atom. The number of hydrogen-bond acceptors (Lipinski definition) is 3. The number of nitrogens with two attached hydrogens (primary N) is 1. The van der Waals surface area contributed by atoms with Crippen LogP contribution < -0.4 is 5.73 Å². The van der Waals surface area contributed by atoms with Crippen molar-refractivity contribution in [2.24, 2.45) is 5.73 Å². The molecule has 1 aromatic heterocycles. The summed E-state index contributed by atoms with van der Waals surface area (Å²) in [5.74, 6) is 0. The van der Waals surface area contributed by atoms with Gasteiger partial charge in [0, 0.05) is 23.1 Å². The summed E-state index contributed by atoms with van der Waals surface area (Å²) in [6.45, 7) is 0.679. The highest BCUT2D eigenvalue weighted by Gasteiger charge is 2.08. The number of carbonyl (C=O) groups excluding carboxylic acids is 1. The van der Waals surface area contributed by atoms with Gasteiger partial charge in [0.2, 0.25) is 0 Å². The molecule has 2 rings (SSSR count). The van der Waals surface area contributed by atoms with E-state index in [1.54, 1.807) is 0 Å². The highest BCUT2D eigenvalue weighted by molar-refractivity contribution is 5.83. The van der Waals surface area contributed by atoms with Crippen LogP contribution in [0.4, 0.5) is 0 Å². The number of aromatic amines is 1. The van der Waals surface area contributed by atoms with Gasteiger partial charge in [-0.3, -0.25) is 4.79 Å². The standard InChI is InChI=1S/C12H14N2O2/c13-10(7-16-8-15)5-9-6-14-12-4-2-1-3-11(9)12/h1-4,6,8,10,14H,5,7,13H2/t10-/m1/s1. The van der Waals surface area contributed by atoms with Crippen LogP contribution in [0, 0.1) is 0 Å². The number of hydrogen-bond donors (Lipinski definition) is 2. The van der Waals surface area contributed by atoms with Crippen molar-refractivity contribution in [1.29, 1.82) is 0 Å². The van der Waals surface area contributed by atoms with Crippen molar-refractivity contribution in [1.82, 2.24) is 4.98 Å². The summed E-state index contributed by atoms with van der Waals surface area (Å²) in [6.07, 6.45) is 2.64. The molecule has 0 aliphatic carbocycles. The molecule has 4 heteroatoms. The quantitative estimate of drug-likeness (QED) is 0.741. The number of ether oxygens (including phenoxy) is 1. The van der Waals surface area contributed by atoms with Crippen LogP contribution in [0.5, 0.6) is 0 Å². The van der Waals surface area contributed by atoms with E-state index in [2.05, 4.69) is 15.8 Å². The lowest BCUT2D eigenvalue weighted by Gasteiger charge is -2.08. The van der Waals surface area contributed by atoms with E-state index in [-0.39, 0.29) is 12.6 Å². The Morgan fingerprint density at radius 2 is 2.25 bits per heavy atom. The normalized spacial score (nSPS) is 12.6. The molecule has 1 heterocycles. The predicted octanol–water partition coefficient (Wildman–Crippen LogP) is 1.21. The Bertz CT molecular complexity index is 479. The van der Waals surface area contributed by atoms with Crippen LogP contribution in [0.15, 0.2) is 30.5 Å². The van der Waals surface area contributed by atoms with Crippen molar-refractivity contribution >= 4 is 17.4 Å². The summed E-state index contributed by atoms with van der Waals surface area (Å²) in [5, 5.41) is 1.17. The van der Waals surface area contributed by atoms with Gasteiger partial charge in [-0.15, -0.1) is 0 Å². The van der Waals surface area contributed by atoms with Gasteiger partial charge in [-0.25, -0.2) is 0 Å². The van der Waals surface area contributed by atoms with E-state index in [9.17, 15) is 4.79 Å². The van der Waals surface area contributed by atoms with Gasteiger partial charge in [-0.1, -0.05) is 18.2 Å². The van der Waals surface area contributed by atoms with Gasteiger partial charge >= 0.3 is 0 Å². The molecule has 0 spiro atoms. The van der Waals surface area contributed by atoms with Gasteiger partial charge < -0.3 is 15.5 Å². The molecule has 0 unspecified atom stereocenters. The molecule has 84 valence electrons. The van der Waals surface area contributed by atoms with Crippen molar-refractivity contribution < 1.29 is 9.53 Å². The summed E-state index contributed by atoms with van der Waals surface area (Å²) < 4.78 is 4.64. The molecule has 0 radical (unpaired) electrons. The fourth-order valence-electron chi connectivity index (χ4n) is 1.80. The zero-order chi connectivity index (χ0) is 11.4. The SMILES string of the molecule is N[C@@H](COC=O)Cc1c[nH]c2ccccc12. The number of nitrogens with one attached hydrogen (secondary N) is 1. The number of rotatable bonds is 5. The first-order valence-corrected chi connectivity index (χ1v) is 5.17. The zero-order valence-electron chi connectivity index (χ0n) is 8.85. The molecule has 1 atom stereocenters. The third-order valence-corrected chi connectivity index (χ3v) is 2.54. The highest BCUT2D eigenvalue weighted by atomic mass is 16.5. The van der Waals surface area contributed by atoms with Crippen molar-refractivity contribution in [3.05, 3.63) is 36.0 Å². The molecular formula is C12H14N2O2. The molecule has 0 aliphatic heterocycles. The van der Waals surface area contributed by atoms with E-state index < -0.39 is 0 Å². The second-order valence-corrected chi connectivity index (χ2v) is 3.75. The minimum Gasteiger partial charge on any atom is -0.466 e. The Kier molecular flexibility index (Phi) is 3.22. The monoisotopic (exact) mass is 218 g/mol. The second-order valence-electron chi connectivity index (χ2n) is 3.75. The topological polar surface area (TPSA) is 68.1 Å². The molecule has 0 bridgehead atoms. The van der Waals surface area contributed by atoms with Crippen LogP contribution in [0.3, 0.4) is 0 Å². The third-order valence-electron chi connectivity index (χ3n) is 2.54. The maximum absolute atomic E-state index is 10.0. The van der Waals surface area contributed by atoms with Gasteiger partial charge in [-0.2, -0.15) is 0 Å². The maximum Gasteiger partial charge on any atom is 0.293 e. The smallest absolute Gasteiger partial charge is 0.293 e. The Balaban J connectivity index is 2.12. The number of carbonyl (C=O) groups is 1. The molecule has 3 N–H and O–H groups in total. The average Bonchev–Trinajstić information content (AvgIpc) is 2.70. The summed E-state index contributed by atoms with van der Waals surface area (Å²) in [5.41, 5.74) is 8.09. The van der Waals surface area contributed by atoms with Gasteiger partial charge in [0.1, 0.15) is 6.61 Å². The first-order chi connectivity index (χ1) is 7.81. The minimum atomic E-state index is -0.163. The van der Waals surface area contributed by atoms with Crippen LogP contribution in [-0.2, 0) is 16.0 Å². The molecule has 1 aromatic carbocycles. The molecule has 2 aromatic rings. The summed E-state index contributed by atoms with van der Waals surface area (Å²) in [4.78, 5) is 13.2. The molecule has 0 fully saturated rings. The molecule has 16 heavy (non-hydrogen) atoms. The number of fused-ring (bicyclic) bond motifs is 1. The fourth-order valence-corrected chi connectivity index (χ4v) is 1.80. The lowest BCUT2D eigenvalue weighted by molar-refractivity contribution is -0.129. The molecule has 0 saturated heterocycles. The first kappa shape index (κ1) is 10.7. The fraction of sp³-hybridized carbons (Fsp3) is 0.250. The Labute approximate surface area is 93.4 Å². The predicted molar refractivity (Wildman–Crippen MR) is 62.0 cm³/mol. The highest BCUT2D eigenvalue weighted by Crippen LogP contribution is 2.18. The number of aromatic nitrogens is 1. The van der Waals surface area contributed by atoms with E-state index in [1.807, 2.05) is 24.4 Å². The van der Waals surface area contributed by atoms with Crippen LogP contribution in [-0.4, -0.2) is 24.1 Å². The van der Waals surface area contributed by atoms with E-state index in [1.165, 1.54) is 5.39 Å². The van der Waals surface area contributed by atoms with E-state index in [4.69, 9.17) is 5.73 Å². The van der Waals surface area contributed by atoms with Crippen molar-refractivity contribution in [2.45, 2.75) is 12.5 Å². The van der Waals surface area contributed by atoms with Crippen LogP contribution in [0.1, 0.15) is 5.56 Å². The van der Waals surface area contributed by atoms with E-state index in [0.717, 1.165) is 11.1 Å². The third kappa shape index (κ3) is 2.23. The van der Waals surface area contributed by atoms with Gasteiger partial charge in [-0.05, 0) is 18.1 Å². The zero-order valence-corrected chi connectivity index (χ0v) is 8.85. The number of para-hydroxylation sites is 1. The number of benzene rings is 1. The summed E-state index contributed by atoms with van der Waals surface area (Å²) >= 11 is 0. The van der Waals surface area contributed by atoms with Gasteiger partial charge in [0.25, 0.3) is 6.47 Å². The molecule has 0 aliphatic rings. The van der Waals surface area contributed by atoms with Crippen molar-refractivity contribution in [3.8, 4) is 0 Å². The average molecular weight is 218 g/mol. The molecule has 0 amide bonds. The molecule has 4 nitrogen and oxygen atoms in total. The lowest BCUT2D eigenvalue weighted by Crippen LogP contribution is -2.28. The second kappa shape index (κ2) is 4.81. The van der Waals surface area contributed by atoms with Crippen molar-refractivity contribution in [2.75, 3.05) is 6.61 Å². The first-order valence-electron chi connectivity index (χ1n) is 5.17. The maximum atomic E-state index is 10.0. The molecule has 0 saturated carbocycles. The minimum absolute atomic E-state index is 0.163. The van der Waals surface area contributed by atoms with E-state index in [0.29, 0.717) is 12.9 Å². The van der Waals surface area contributed by atoms with Crippen molar-refractivity contribution in [3.63, 3.8) is 0 Å². The van der Waals surface area contributed by atoms with Gasteiger partial charge in [0.15, 0.2) is 0 Å². The molecular weight excluding hydrogens is 204 g/mol. The lowest BCUT2D eigenvalue weighted by atomic mass is 10.1.